The van der Waals surface area contributed by atoms with Gasteiger partial charge in [0.1, 0.15) is 0 Å². The maximum atomic E-state index is 14.3. The van der Waals surface area contributed by atoms with Crippen molar-refractivity contribution in [3.05, 3.63) is 127 Å². The van der Waals surface area contributed by atoms with Gasteiger partial charge >= 0.3 is 208 Å². The predicted molar refractivity (Wildman–Crippen MR) is 147 cm³/mol. The van der Waals surface area contributed by atoms with E-state index < -0.39 is 6.60 Å². The number of hydrogen-bond donors (Lipinski definition) is 0. The molecule has 0 bridgehead atoms. The molecule has 4 aromatic carbocycles. The second kappa shape index (κ2) is 9.77. The molecule has 0 radical (unpaired) electrons. The van der Waals surface area contributed by atoms with Crippen molar-refractivity contribution in [3.8, 4) is 0 Å². The third-order valence-corrected chi connectivity index (χ3v) is 15.4. The third-order valence-electron chi connectivity index (χ3n) is 7.75. The topological polar surface area (TPSA) is 29.5 Å². The molecule has 4 heteroatoms. The maximum absolute atomic E-state index is 14.3. The number of nitrogens with zero attached hydrogens (tertiary/aromatic N) is 1. The third kappa shape index (κ3) is 3.71. The first-order valence-electron chi connectivity index (χ1n) is 12.4. The Kier molecular flexibility index (Phi) is 6.56. The summed E-state index contributed by atoms with van der Waals surface area (Å²) in [6.45, 7) is 0.0337. The van der Waals surface area contributed by atoms with Gasteiger partial charge in [0.25, 0.3) is 0 Å². The zero-order valence-electron chi connectivity index (χ0n) is 20.2. The molecule has 1 fully saturated rings. The molecule has 0 N–H and O–H groups in total. The number of hydroxylamine groups is 2. The molecule has 178 valence electrons. The molecule has 0 spiro atoms. The summed E-state index contributed by atoms with van der Waals surface area (Å²) in [5, 5.41) is 5.42. The zero-order valence-corrected chi connectivity index (χ0v) is 21.1. The standard InChI is InChI=1S/C31H32NO2P/c1-2-35(27-17-9-4-10-18-27,28-19-11-5-12-20-28,29-21-13-6-14-22-29)30-23-24-32(31(30)33)34-25-26-15-7-3-8-16-26/h3-22,30H,2,23-25H2,1H3. The SMILES string of the molecule is CCP(c1ccccc1)(c1ccccc1)(c1ccccc1)C1CCN(OCc2ccccc2)C1=O. The minimum absolute atomic E-state index is 0.0945. The van der Waals surface area contributed by atoms with Crippen LogP contribution in [0.4, 0.5) is 0 Å². The number of amides is 1. The molecule has 0 aliphatic carbocycles. The molecule has 0 saturated carbocycles. The van der Waals surface area contributed by atoms with E-state index in [1.165, 1.54) is 15.9 Å². The van der Waals surface area contributed by atoms with E-state index >= 15 is 0 Å². The van der Waals surface area contributed by atoms with Crippen LogP contribution >= 0.6 is 6.60 Å². The molecule has 1 heterocycles. The number of carbonyl (C=O) groups excluding carboxylic acids is 1. The Morgan fingerprint density at radius 2 is 1.14 bits per heavy atom. The van der Waals surface area contributed by atoms with Crippen molar-refractivity contribution < 1.29 is 9.63 Å². The van der Waals surface area contributed by atoms with Gasteiger partial charge in [-0.25, -0.2) is 0 Å². The van der Waals surface area contributed by atoms with Crippen LogP contribution < -0.4 is 15.9 Å². The summed E-state index contributed by atoms with van der Waals surface area (Å²) < 4.78 is 0. The first kappa shape index (κ1) is 23.5. The van der Waals surface area contributed by atoms with Crippen LogP contribution in [0.5, 0.6) is 0 Å². The van der Waals surface area contributed by atoms with E-state index in [2.05, 4.69) is 97.9 Å². The van der Waals surface area contributed by atoms with E-state index in [-0.39, 0.29) is 11.6 Å². The van der Waals surface area contributed by atoms with E-state index in [1.54, 1.807) is 5.06 Å². The second-order valence-corrected chi connectivity index (χ2v) is 14.8. The Bertz CT molecular complexity index is 1160. The fourth-order valence-electron chi connectivity index (χ4n) is 6.08. The number of hydrogen-bond acceptors (Lipinski definition) is 2. The Balaban J connectivity index is 1.68. The molecule has 1 saturated heterocycles. The van der Waals surface area contributed by atoms with Gasteiger partial charge < -0.3 is 0 Å². The van der Waals surface area contributed by atoms with Gasteiger partial charge in [-0.05, 0) is 0 Å². The van der Waals surface area contributed by atoms with Gasteiger partial charge in [0.05, 0.1) is 0 Å². The van der Waals surface area contributed by atoms with Gasteiger partial charge in [-0.2, -0.15) is 0 Å². The summed E-state index contributed by atoms with van der Waals surface area (Å²) >= 11 is 0. The van der Waals surface area contributed by atoms with Crippen LogP contribution in [0, 0.1) is 0 Å². The van der Waals surface area contributed by atoms with Gasteiger partial charge in [0.15, 0.2) is 0 Å². The summed E-state index contributed by atoms with van der Waals surface area (Å²) in [4.78, 5) is 20.4. The molecular formula is C31H32NO2P. The van der Waals surface area contributed by atoms with Crippen molar-refractivity contribution in [3.63, 3.8) is 0 Å². The van der Waals surface area contributed by atoms with Gasteiger partial charge in [-0.3, -0.25) is 0 Å². The Morgan fingerprint density at radius 3 is 1.57 bits per heavy atom. The summed E-state index contributed by atoms with van der Waals surface area (Å²) in [6, 6.07) is 42.3. The molecule has 1 unspecified atom stereocenters. The van der Waals surface area contributed by atoms with Gasteiger partial charge in [0, 0.05) is 0 Å². The number of benzene rings is 4. The van der Waals surface area contributed by atoms with Crippen molar-refractivity contribution in [2.45, 2.75) is 25.6 Å². The molecule has 0 aromatic heterocycles. The molecule has 1 aliphatic rings. The zero-order chi connectivity index (χ0) is 24.2. The monoisotopic (exact) mass is 481 g/mol. The van der Waals surface area contributed by atoms with E-state index in [4.69, 9.17) is 4.84 Å². The molecule has 5 rings (SSSR count). The summed E-state index contributed by atoms with van der Waals surface area (Å²) in [6.07, 6.45) is 1.63. The second-order valence-electron chi connectivity index (χ2n) is 9.21. The number of rotatable bonds is 8. The normalized spacial score (nSPS) is 17.2. The van der Waals surface area contributed by atoms with Crippen molar-refractivity contribution in [1.29, 1.82) is 0 Å². The summed E-state index contributed by atoms with van der Waals surface area (Å²) in [5.74, 6) is 0.0945. The van der Waals surface area contributed by atoms with Crippen molar-refractivity contribution in [2.24, 2.45) is 0 Å². The number of carbonyl (C=O) groups is 1. The van der Waals surface area contributed by atoms with Crippen molar-refractivity contribution in [1.82, 2.24) is 5.06 Å². The van der Waals surface area contributed by atoms with E-state index in [9.17, 15) is 4.79 Å². The average Bonchev–Trinajstić information content (AvgIpc) is 3.32. The summed E-state index contributed by atoms with van der Waals surface area (Å²) in [7, 11) is 0. The Morgan fingerprint density at radius 1 is 0.714 bits per heavy atom. The molecular weight excluding hydrogens is 449 g/mol. The fourth-order valence-corrected chi connectivity index (χ4v) is 13.5. The van der Waals surface area contributed by atoms with E-state index in [1.807, 2.05) is 30.3 Å². The fraction of sp³-hybridized carbons (Fsp3) is 0.194. The average molecular weight is 482 g/mol. The van der Waals surface area contributed by atoms with Gasteiger partial charge in [0.2, 0.25) is 0 Å². The molecule has 3 nitrogen and oxygen atoms in total. The summed E-state index contributed by atoms with van der Waals surface area (Å²) in [5.41, 5.74) is 0.875. The van der Waals surface area contributed by atoms with Crippen molar-refractivity contribution in [2.75, 3.05) is 12.7 Å². The van der Waals surface area contributed by atoms with Gasteiger partial charge in [-0.15, -0.1) is 0 Å². The molecule has 1 aliphatic heterocycles. The molecule has 4 aromatic rings. The van der Waals surface area contributed by atoms with Crippen LogP contribution in [0.25, 0.3) is 0 Å². The predicted octanol–water partition coefficient (Wildman–Crippen LogP) is 5.27. The Labute approximate surface area is 208 Å². The van der Waals surface area contributed by atoms with Crippen LogP contribution in [-0.4, -0.2) is 29.3 Å². The Hall–Kier alpha value is -3.26. The van der Waals surface area contributed by atoms with Crippen LogP contribution in [0.1, 0.15) is 18.9 Å². The first-order valence-corrected chi connectivity index (χ1v) is 14.9. The van der Waals surface area contributed by atoms with Crippen LogP contribution in [-0.2, 0) is 16.2 Å². The van der Waals surface area contributed by atoms with Crippen LogP contribution in [0.2, 0.25) is 0 Å². The van der Waals surface area contributed by atoms with E-state index in [0.29, 0.717) is 13.2 Å². The molecule has 35 heavy (non-hydrogen) atoms. The van der Waals surface area contributed by atoms with Gasteiger partial charge in [-0.1, -0.05) is 0 Å². The quantitative estimate of drug-likeness (QED) is 0.321. The molecule has 1 atom stereocenters. The van der Waals surface area contributed by atoms with Crippen LogP contribution in [0.15, 0.2) is 121 Å². The van der Waals surface area contributed by atoms with E-state index in [0.717, 1.165) is 18.1 Å². The minimum atomic E-state index is -3.23. The van der Waals surface area contributed by atoms with Crippen molar-refractivity contribution >= 4 is 28.4 Å². The van der Waals surface area contributed by atoms with Crippen LogP contribution in [0.3, 0.4) is 0 Å². The molecule has 1 amide bonds. The first-order chi connectivity index (χ1) is 17.2.